The van der Waals surface area contributed by atoms with Crippen molar-refractivity contribution in [3.05, 3.63) is 28.2 Å². The minimum absolute atomic E-state index is 0.403. The zero-order chi connectivity index (χ0) is 12.7. The molecule has 92 valence electrons. The van der Waals surface area contributed by atoms with Gasteiger partial charge >= 0.3 is 0 Å². The van der Waals surface area contributed by atoms with Crippen LogP contribution in [0.1, 0.15) is 32.8 Å². The van der Waals surface area contributed by atoms with E-state index in [0.29, 0.717) is 12.5 Å². The van der Waals surface area contributed by atoms with E-state index in [2.05, 4.69) is 53.8 Å². The van der Waals surface area contributed by atoms with Gasteiger partial charge in [0.1, 0.15) is 5.75 Å². The number of halogens is 1. The summed E-state index contributed by atoms with van der Waals surface area (Å²) in [6.45, 7) is 6.92. The molecule has 0 N–H and O–H groups in total. The van der Waals surface area contributed by atoms with Gasteiger partial charge in [-0.15, -0.1) is 5.92 Å². The predicted molar refractivity (Wildman–Crippen MR) is 76.2 cm³/mol. The Labute approximate surface area is 113 Å². The van der Waals surface area contributed by atoms with E-state index in [1.54, 1.807) is 0 Å². The Morgan fingerprint density at radius 2 is 2.12 bits per heavy atom. The number of hydrogen-bond donors (Lipinski definition) is 0. The molecule has 1 aromatic rings. The summed E-state index contributed by atoms with van der Waals surface area (Å²) in [6, 6.07) is 6.25. The van der Waals surface area contributed by atoms with Crippen LogP contribution in [0.5, 0.6) is 5.75 Å². The van der Waals surface area contributed by atoms with Gasteiger partial charge < -0.3 is 4.74 Å². The van der Waals surface area contributed by atoms with Crippen molar-refractivity contribution < 1.29 is 4.74 Å². The van der Waals surface area contributed by atoms with E-state index in [4.69, 9.17) is 4.74 Å². The van der Waals surface area contributed by atoms with Gasteiger partial charge in [0.05, 0.1) is 11.1 Å². The SMILES string of the molecule is CCC#CC(C)Cc1ccc(OCC)c(Br)c1. The molecule has 1 atom stereocenters. The standard InChI is InChI=1S/C15H19BrO/c1-4-6-7-12(3)10-13-8-9-15(17-5-2)14(16)11-13/h8-9,11-12H,4-5,10H2,1-3H3. The van der Waals surface area contributed by atoms with Crippen LogP contribution in [0.3, 0.4) is 0 Å². The maximum atomic E-state index is 5.49. The van der Waals surface area contributed by atoms with E-state index in [9.17, 15) is 0 Å². The van der Waals surface area contributed by atoms with Gasteiger partial charge in [0.2, 0.25) is 0 Å². The molecule has 0 saturated carbocycles. The zero-order valence-corrected chi connectivity index (χ0v) is 12.3. The summed E-state index contributed by atoms with van der Waals surface area (Å²) in [7, 11) is 0. The molecule has 1 nitrogen and oxygen atoms in total. The Morgan fingerprint density at radius 1 is 1.35 bits per heavy atom. The Bertz CT molecular complexity index is 415. The number of hydrogen-bond acceptors (Lipinski definition) is 1. The summed E-state index contributed by atoms with van der Waals surface area (Å²) in [5.41, 5.74) is 1.29. The van der Waals surface area contributed by atoms with Gasteiger partial charge in [-0.3, -0.25) is 0 Å². The third kappa shape index (κ3) is 4.83. The summed E-state index contributed by atoms with van der Waals surface area (Å²) in [5.74, 6) is 7.68. The van der Waals surface area contributed by atoms with Crippen molar-refractivity contribution in [2.45, 2.75) is 33.6 Å². The molecule has 0 heterocycles. The lowest BCUT2D eigenvalue weighted by molar-refractivity contribution is 0.338. The first-order chi connectivity index (χ1) is 8.17. The molecule has 0 fully saturated rings. The van der Waals surface area contributed by atoms with Crippen LogP contribution in [0.25, 0.3) is 0 Å². The van der Waals surface area contributed by atoms with E-state index in [1.165, 1.54) is 5.56 Å². The molecule has 0 bridgehead atoms. The largest absolute Gasteiger partial charge is 0.493 e. The highest BCUT2D eigenvalue weighted by molar-refractivity contribution is 9.10. The monoisotopic (exact) mass is 294 g/mol. The quantitative estimate of drug-likeness (QED) is 0.746. The maximum absolute atomic E-state index is 5.49. The van der Waals surface area contributed by atoms with Crippen LogP contribution in [0.15, 0.2) is 22.7 Å². The number of rotatable bonds is 4. The molecule has 0 aliphatic heterocycles. The molecular formula is C15H19BrO. The fourth-order valence-electron chi connectivity index (χ4n) is 1.62. The molecule has 1 rings (SSSR count). The van der Waals surface area contributed by atoms with Crippen LogP contribution in [0.4, 0.5) is 0 Å². The van der Waals surface area contributed by atoms with E-state index in [1.807, 2.05) is 13.0 Å². The minimum Gasteiger partial charge on any atom is -0.493 e. The van der Waals surface area contributed by atoms with Crippen molar-refractivity contribution >= 4 is 15.9 Å². The lowest BCUT2D eigenvalue weighted by Crippen LogP contribution is -1.98. The second kappa shape index (κ2) is 7.40. The molecule has 0 saturated heterocycles. The van der Waals surface area contributed by atoms with Gasteiger partial charge in [-0.25, -0.2) is 0 Å². The van der Waals surface area contributed by atoms with E-state index in [0.717, 1.165) is 23.1 Å². The van der Waals surface area contributed by atoms with Crippen LogP contribution in [0.2, 0.25) is 0 Å². The van der Waals surface area contributed by atoms with Crippen molar-refractivity contribution in [2.75, 3.05) is 6.61 Å². The highest BCUT2D eigenvalue weighted by atomic mass is 79.9. The Morgan fingerprint density at radius 3 is 2.71 bits per heavy atom. The fraction of sp³-hybridized carbons (Fsp3) is 0.467. The van der Waals surface area contributed by atoms with Gasteiger partial charge in [-0.05, 0) is 47.0 Å². The average molecular weight is 295 g/mol. The van der Waals surface area contributed by atoms with Gasteiger partial charge in [-0.2, -0.15) is 0 Å². The van der Waals surface area contributed by atoms with Crippen molar-refractivity contribution in [1.29, 1.82) is 0 Å². The third-order valence-corrected chi connectivity index (χ3v) is 2.98. The third-order valence-electron chi connectivity index (χ3n) is 2.36. The van der Waals surface area contributed by atoms with Crippen molar-refractivity contribution in [1.82, 2.24) is 0 Å². The first-order valence-electron chi connectivity index (χ1n) is 6.07. The molecular weight excluding hydrogens is 276 g/mol. The van der Waals surface area contributed by atoms with Crippen molar-refractivity contribution in [3.8, 4) is 17.6 Å². The van der Waals surface area contributed by atoms with Crippen LogP contribution in [0, 0.1) is 17.8 Å². The number of ether oxygens (including phenoxy) is 1. The average Bonchev–Trinajstić information content (AvgIpc) is 2.30. The fourth-order valence-corrected chi connectivity index (χ4v) is 2.17. The normalized spacial score (nSPS) is 11.5. The van der Waals surface area contributed by atoms with E-state index in [-0.39, 0.29) is 0 Å². The predicted octanol–water partition coefficient (Wildman–Crippen LogP) is 4.44. The summed E-state index contributed by atoms with van der Waals surface area (Å²) < 4.78 is 6.51. The maximum Gasteiger partial charge on any atom is 0.133 e. The van der Waals surface area contributed by atoms with Crippen molar-refractivity contribution in [2.24, 2.45) is 5.92 Å². The second-order valence-corrected chi connectivity index (χ2v) is 4.83. The summed E-state index contributed by atoms with van der Waals surface area (Å²) in [5, 5.41) is 0. The summed E-state index contributed by atoms with van der Waals surface area (Å²) in [4.78, 5) is 0. The number of benzene rings is 1. The topological polar surface area (TPSA) is 9.23 Å². The van der Waals surface area contributed by atoms with Gasteiger partial charge in [0.25, 0.3) is 0 Å². The van der Waals surface area contributed by atoms with Crippen LogP contribution >= 0.6 is 15.9 Å². The van der Waals surface area contributed by atoms with Gasteiger partial charge in [-0.1, -0.05) is 25.8 Å². The van der Waals surface area contributed by atoms with Crippen LogP contribution in [-0.4, -0.2) is 6.61 Å². The lowest BCUT2D eigenvalue weighted by atomic mass is 10.0. The molecule has 0 aliphatic carbocycles. The molecule has 17 heavy (non-hydrogen) atoms. The van der Waals surface area contributed by atoms with E-state index < -0.39 is 0 Å². The first kappa shape index (κ1) is 14.1. The molecule has 1 unspecified atom stereocenters. The summed E-state index contributed by atoms with van der Waals surface area (Å²) >= 11 is 3.53. The molecule has 0 aliphatic rings. The smallest absolute Gasteiger partial charge is 0.133 e. The Kier molecular flexibility index (Phi) is 6.15. The highest BCUT2D eigenvalue weighted by Gasteiger charge is 2.04. The van der Waals surface area contributed by atoms with Crippen LogP contribution < -0.4 is 4.74 Å². The molecule has 0 amide bonds. The lowest BCUT2D eigenvalue weighted by Gasteiger charge is -2.09. The molecule has 1 aromatic carbocycles. The Hall–Kier alpha value is -0.940. The molecule has 0 radical (unpaired) electrons. The second-order valence-electron chi connectivity index (χ2n) is 3.98. The summed E-state index contributed by atoms with van der Waals surface area (Å²) in [6.07, 6.45) is 1.91. The van der Waals surface area contributed by atoms with E-state index >= 15 is 0 Å². The zero-order valence-electron chi connectivity index (χ0n) is 10.7. The highest BCUT2D eigenvalue weighted by Crippen LogP contribution is 2.26. The molecule has 2 heteroatoms. The molecule has 0 spiro atoms. The Balaban J connectivity index is 2.70. The minimum atomic E-state index is 0.403. The van der Waals surface area contributed by atoms with Gasteiger partial charge in [0.15, 0.2) is 0 Å². The van der Waals surface area contributed by atoms with Crippen molar-refractivity contribution in [3.63, 3.8) is 0 Å². The van der Waals surface area contributed by atoms with Crippen LogP contribution in [-0.2, 0) is 6.42 Å². The molecule has 0 aromatic heterocycles. The first-order valence-corrected chi connectivity index (χ1v) is 6.86. The van der Waals surface area contributed by atoms with Gasteiger partial charge in [0, 0.05) is 12.3 Å².